The number of hydrogen-bond acceptors (Lipinski definition) is 3. The van der Waals surface area contributed by atoms with Gasteiger partial charge in [-0.2, -0.15) is 5.10 Å². The molecule has 1 aromatic rings. The zero-order valence-corrected chi connectivity index (χ0v) is 9.09. The molecule has 1 rings (SSSR count). The van der Waals surface area contributed by atoms with Crippen molar-refractivity contribution in [1.29, 1.82) is 0 Å². The van der Waals surface area contributed by atoms with E-state index in [1.807, 2.05) is 0 Å². The number of aliphatic carboxylic acids is 1. The summed E-state index contributed by atoms with van der Waals surface area (Å²) in [6.45, 7) is 1.19. The van der Waals surface area contributed by atoms with Gasteiger partial charge < -0.3 is 10.2 Å². The largest absolute Gasteiger partial charge is 0.479 e. The molecular weight excluding hydrogens is 287 g/mol. The van der Waals surface area contributed by atoms with Crippen molar-refractivity contribution < 1.29 is 15.0 Å². The minimum Gasteiger partial charge on any atom is -0.479 e. The van der Waals surface area contributed by atoms with Gasteiger partial charge in [0.15, 0.2) is 5.60 Å². The Morgan fingerprint density at radius 3 is 2.85 bits per heavy atom. The number of aromatic nitrogens is 2. The molecule has 0 aliphatic rings. The summed E-state index contributed by atoms with van der Waals surface area (Å²) in [5.41, 5.74) is -1.77. The molecule has 1 atom stereocenters. The Bertz CT molecular complexity index is 321. The van der Waals surface area contributed by atoms with E-state index in [1.54, 1.807) is 12.4 Å². The molecule has 1 heterocycles. The molecule has 0 spiro atoms. The monoisotopic (exact) mass is 296 g/mol. The van der Waals surface area contributed by atoms with Gasteiger partial charge in [0, 0.05) is 6.20 Å². The average Bonchev–Trinajstić information content (AvgIpc) is 2.34. The van der Waals surface area contributed by atoms with Gasteiger partial charge in [-0.1, -0.05) is 0 Å². The van der Waals surface area contributed by atoms with Crippen LogP contribution in [-0.2, 0) is 11.3 Å². The van der Waals surface area contributed by atoms with E-state index in [4.69, 9.17) is 5.11 Å². The van der Waals surface area contributed by atoms with Crippen molar-refractivity contribution >= 4 is 28.6 Å². The van der Waals surface area contributed by atoms with Gasteiger partial charge in [-0.05, 0) is 29.5 Å². The lowest BCUT2D eigenvalue weighted by Crippen LogP contribution is -2.39. The highest BCUT2D eigenvalue weighted by Crippen LogP contribution is 2.08. The van der Waals surface area contributed by atoms with Gasteiger partial charge >= 0.3 is 5.97 Å². The van der Waals surface area contributed by atoms with Crippen LogP contribution in [0.4, 0.5) is 0 Å². The second-order valence-corrected chi connectivity index (χ2v) is 4.18. The van der Waals surface area contributed by atoms with Crippen molar-refractivity contribution in [2.24, 2.45) is 0 Å². The Morgan fingerprint density at radius 2 is 2.46 bits per heavy atom. The molecule has 0 aliphatic heterocycles. The first-order chi connectivity index (χ1) is 5.92. The Morgan fingerprint density at radius 1 is 1.85 bits per heavy atom. The lowest BCUT2D eigenvalue weighted by atomic mass is 10.1. The number of hydrogen-bond donors (Lipinski definition) is 2. The van der Waals surface area contributed by atoms with Crippen molar-refractivity contribution in [2.75, 3.05) is 0 Å². The first kappa shape index (κ1) is 10.5. The number of carboxylic acid groups (broad SMARTS) is 1. The predicted octanol–water partition coefficient (Wildman–Crippen LogP) is 0.323. The standard InChI is InChI=1S/C7H9IN2O3/c1-7(13,6(11)12)4-10-3-5(8)2-9-10/h2-3,13H,4H2,1H3,(H,11,12). The lowest BCUT2D eigenvalue weighted by molar-refractivity contribution is -0.158. The van der Waals surface area contributed by atoms with E-state index < -0.39 is 11.6 Å². The Kier molecular flexibility index (Phi) is 2.91. The maximum absolute atomic E-state index is 10.5. The molecule has 5 nitrogen and oxygen atoms in total. The molecule has 2 N–H and O–H groups in total. The first-order valence-electron chi connectivity index (χ1n) is 3.55. The number of rotatable bonds is 3. The zero-order chi connectivity index (χ0) is 10.1. The number of aliphatic hydroxyl groups is 1. The third-order valence-electron chi connectivity index (χ3n) is 1.53. The zero-order valence-electron chi connectivity index (χ0n) is 6.94. The fraction of sp³-hybridized carbons (Fsp3) is 0.429. The smallest absolute Gasteiger partial charge is 0.337 e. The average molecular weight is 296 g/mol. The molecule has 0 aromatic carbocycles. The van der Waals surface area contributed by atoms with Gasteiger partial charge in [-0.15, -0.1) is 0 Å². The van der Waals surface area contributed by atoms with Gasteiger partial charge in [0.1, 0.15) is 0 Å². The molecule has 0 saturated carbocycles. The SMILES string of the molecule is CC(O)(Cn1cc(I)cn1)C(=O)O. The summed E-state index contributed by atoms with van der Waals surface area (Å²) in [4.78, 5) is 10.5. The predicted molar refractivity (Wildman–Crippen MR) is 53.2 cm³/mol. The van der Waals surface area contributed by atoms with Crippen LogP contribution < -0.4 is 0 Å². The van der Waals surface area contributed by atoms with Crippen LogP contribution in [-0.4, -0.2) is 31.6 Å². The van der Waals surface area contributed by atoms with Crippen LogP contribution in [0, 0.1) is 3.57 Å². The molecule has 0 fully saturated rings. The summed E-state index contributed by atoms with van der Waals surface area (Å²) in [6.07, 6.45) is 3.26. The highest BCUT2D eigenvalue weighted by Gasteiger charge is 2.30. The molecule has 13 heavy (non-hydrogen) atoms. The molecular formula is C7H9IN2O3. The van der Waals surface area contributed by atoms with E-state index in [9.17, 15) is 9.90 Å². The second kappa shape index (κ2) is 3.62. The molecule has 0 aliphatic carbocycles. The van der Waals surface area contributed by atoms with Crippen LogP contribution >= 0.6 is 22.6 Å². The number of nitrogens with zero attached hydrogens (tertiary/aromatic N) is 2. The summed E-state index contributed by atoms with van der Waals surface area (Å²) in [5.74, 6) is -1.25. The van der Waals surface area contributed by atoms with Gasteiger partial charge in [0.05, 0.1) is 16.3 Å². The first-order valence-corrected chi connectivity index (χ1v) is 4.63. The summed E-state index contributed by atoms with van der Waals surface area (Å²) in [6, 6.07) is 0. The van der Waals surface area contributed by atoms with Gasteiger partial charge in [0.2, 0.25) is 0 Å². The Balaban J connectivity index is 2.74. The van der Waals surface area contributed by atoms with E-state index in [0.717, 1.165) is 3.57 Å². The highest BCUT2D eigenvalue weighted by molar-refractivity contribution is 14.1. The van der Waals surface area contributed by atoms with Crippen LogP contribution in [0.3, 0.4) is 0 Å². The van der Waals surface area contributed by atoms with Crippen LogP contribution in [0.1, 0.15) is 6.92 Å². The Hall–Kier alpha value is -0.630. The van der Waals surface area contributed by atoms with Crippen molar-refractivity contribution in [2.45, 2.75) is 19.1 Å². The third-order valence-corrected chi connectivity index (χ3v) is 2.09. The minimum atomic E-state index is -1.77. The molecule has 0 amide bonds. The molecule has 6 heteroatoms. The topological polar surface area (TPSA) is 75.3 Å². The molecule has 1 aromatic heterocycles. The van der Waals surface area contributed by atoms with E-state index in [1.165, 1.54) is 11.6 Å². The number of carboxylic acids is 1. The minimum absolute atomic E-state index is 0.0503. The van der Waals surface area contributed by atoms with Crippen LogP contribution in [0.2, 0.25) is 0 Å². The van der Waals surface area contributed by atoms with E-state index >= 15 is 0 Å². The number of carbonyl (C=O) groups is 1. The van der Waals surface area contributed by atoms with Crippen LogP contribution in [0.15, 0.2) is 12.4 Å². The molecule has 0 radical (unpaired) electrons. The van der Waals surface area contributed by atoms with Crippen molar-refractivity contribution in [3.8, 4) is 0 Å². The highest BCUT2D eigenvalue weighted by atomic mass is 127. The molecule has 0 bridgehead atoms. The second-order valence-electron chi connectivity index (χ2n) is 2.94. The molecule has 1 unspecified atom stereocenters. The lowest BCUT2D eigenvalue weighted by Gasteiger charge is -2.17. The molecule has 0 saturated heterocycles. The third kappa shape index (κ3) is 2.66. The van der Waals surface area contributed by atoms with Crippen LogP contribution in [0.5, 0.6) is 0 Å². The van der Waals surface area contributed by atoms with Gasteiger partial charge in [0.25, 0.3) is 0 Å². The quantitative estimate of drug-likeness (QED) is 0.788. The van der Waals surface area contributed by atoms with E-state index in [-0.39, 0.29) is 6.54 Å². The number of halogens is 1. The molecule has 72 valence electrons. The summed E-state index contributed by atoms with van der Waals surface area (Å²) < 4.78 is 2.30. The Labute approximate surface area is 88.5 Å². The van der Waals surface area contributed by atoms with Gasteiger partial charge in [-0.25, -0.2) is 4.79 Å². The maximum atomic E-state index is 10.5. The fourth-order valence-electron chi connectivity index (χ4n) is 0.808. The normalized spacial score (nSPS) is 15.3. The van der Waals surface area contributed by atoms with Crippen LogP contribution in [0.25, 0.3) is 0 Å². The van der Waals surface area contributed by atoms with Crippen molar-refractivity contribution in [3.05, 3.63) is 16.0 Å². The fourth-order valence-corrected chi connectivity index (χ4v) is 1.25. The van der Waals surface area contributed by atoms with Crippen molar-refractivity contribution in [3.63, 3.8) is 0 Å². The summed E-state index contributed by atoms with van der Waals surface area (Å²) in [7, 11) is 0. The maximum Gasteiger partial charge on any atom is 0.337 e. The van der Waals surface area contributed by atoms with Crippen molar-refractivity contribution in [1.82, 2.24) is 9.78 Å². The van der Waals surface area contributed by atoms with Gasteiger partial charge in [-0.3, -0.25) is 4.68 Å². The summed E-state index contributed by atoms with van der Waals surface area (Å²) >= 11 is 2.06. The van der Waals surface area contributed by atoms with E-state index in [0.29, 0.717) is 0 Å². The van der Waals surface area contributed by atoms with E-state index in [2.05, 4.69) is 27.7 Å². The summed E-state index contributed by atoms with van der Waals surface area (Å²) in [5, 5.41) is 21.9.